The zero-order valence-corrected chi connectivity index (χ0v) is 17.2. The average Bonchev–Trinajstić information content (AvgIpc) is 3.40. The predicted octanol–water partition coefficient (Wildman–Crippen LogP) is 1.57. The number of nitrogens with one attached hydrogen (secondary N) is 1. The molecule has 0 saturated carbocycles. The Kier molecular flexibility index (Phi) is 5.60. The fourth-order valence-corrected chi connectivity index (χ4v) is 3.72. The van der Waals surface area contributed by atoms with Gasteiger partial charge in [-0.3, -0.25) is 14.2 Å². The van der Waals surface area contributed by atoms with Crippen LogP contribution in [0.2, 0.25) is 0 Å². The predicted molar refractivity (Wildman–Crippen MR) is 111 cm³/mol. The van der Waals surface area contributed by atoms with Crippen LogP contribution in [-0.2, 0) is 6.42 Å². The molecule has 1 unspecified atom stereocenters. The minimum Gasteiger partial charge on any atom is -0.352 e. The van der Waals surface area contributed by atoms with Gasteiger partial charge >= 0.3 is 6.03 Å². The monoisotopic (exact) mass is 407 g/mol. The Morgan fingerprint density at radius 2 is 1.97 bits per heavy atom. The summed E-state index contributed by atoms with van der Waals surface area (Å²) in [7, 11) is 3.50. The molecule has 1 aliphatic rings. The van der Waals surface area contributed by atoms with Crippen molar-refractivity contribution in [3.63, 3.8) is 0 Å². The molecule has 0 bridgehead atoms. The minimum atomic E-state index is -0.138. The average molecular weight is 407 g/mol. The van der Waals surface area contributed by atoms with E-state index in [-0.39, 0.29) is 17.9 Å². The lowest BCUT2D eigenvalue weighted by Crippen LogP contribution is -2.37. The molecule has 0 radical (unpaired) electrons. The summed E-state index contributed by atoms with van der Waals surface area (Å²) in [5.41, 5.74) is 2.37. The molecule has 0 spiro atoms. The number of hydrogen-bond donors (Lipinski definition) is 1. The van der Waals surface area contributed by atoms with E-state index >= 15 is 0 Å². The van der Waals surface area contributed by atoms with Gasteiger partial charge in [-0.1, -0.05) is 0 Å². The van der Waals surface area contributed by atoms with Crippen molar-refractivity contribution in [3.05, 3.63) is 59.8 Å². The number of carbonyl (C=O) groups excluding carboxylic acids is 2. The highest BCUT2D eigenvalue weighted by Crippen LogP contribution is 2.27. The molecule has 1 fully saturated rings. The van der Waals surface area contributed by atoms with E-state index in [0.29, 0.717) is 30.8 Å². The third kappa shape index (κ3) is 4.10. The Balaban J connectivity index is 1.45. The molecule has 156 valence electrons. The second kappa shape index (κ2) is 8.48. The summed E-state index contributed by atoms with van der Waals surface area (Å²) in [6.45, 7) is 1.83. The summed E-state index contributed by atoms with van der Waals surface area (Å²) in [5, 5.41) is 11.5. The van der Waals surface area contributed by atoms with Gasteiger partial charge < -0.3 is 15.1 Å². The van der Waals surface area contributed by atoms with Gasteiger partial charge in [0.15, 0.2) is 5.65 Å². The molecule has 3 aromatic heterocycles. The maximum absolute atomic E-state index is 12.6. The molecule has 9 nitrogen and oxygen atoms in total. The van der Waals surface area contributed by atoms with Gasteiger partial charge in [0.1, 0.15) is 5.82 Å². The molecule has 30 heavy (non-hydrogen) atoms. The minimum absolute atomic E-state index is 0.000542. The SMILES string of the molecule is CN(C)C(=O)N1CCC(c2nnc3ccc(C(=O)NCCc4ccncc4)cn23)C1. The lowest BCUT2D eigenvalue weighted by Gasteiger charge is -2.21. The van der Waals surface area contributed by atoms with Crippen LogP contribution in [-0.4, -0.2) is 75.0 Å². The van der Waals surface area contributed by atoms with Crippen molar-refractivity contribution in [1.82, 2.24) is 34.7 Å². The summed E-state index contributed by atoms with van der Waals surface area (Å²) in [6, 6.07) is 7.43. The molecule has 1 N–H and O–H groups in total. The quantitative estimate of drug-likeness (QED) is 0.693. The molecular formula is C21H25N7O2. The van der Waals surface area contributed by atoms with Crippen molar-refractivity contribution in [2.45, 2.75) is 18.8 Å². The summed E-state index contributed by atoms with van der Waals surface area (Å²) >= 11 is 0. The van der Waals surface area contributed by atoms with Crippen molar-refractivity contribution in [2.75, 3.05) is 33.7 Å². The molecule has 0 aliphatic carbocycles. The van der Waals surface area contributed by atoms with Crippen molar-refractivity contribution in [2.24, 2.45) is 0 Å². The number of carbonyl (C=O) groups is 2. The summed E-state index contributed by atoms with van der Waals surface area (Å²) in [5.74, 6) is 0.737. The molecule has 3 amide bonds. The van der Waals surface area contributed by atoms with Crippen molar-refractivity contribution >= 4 is 17.6 Å². The number of likely N-dealkylation sites (tertiary alicyclic amines) is 1. The first-order chi connectivity index (χ1) is 14.5. The van der Waals surface area contributed by atoms with E-state index in [4.69, 9.17) is 0 Å². The summed E-state index contributed by atoms with van der Waals surface area (Å²) < 4.78 is 1.87. The smallest absolute Gasteiger partial charge is 0.319 e. The van der Waals surface area contributed by atoms with Gasteiger partial charge in [0, 0.05) is 58.2 Å². The number of hydrogen-bond acceptors (Lipinski definition) is 5. The van der Waals surface area contributed by atoms with Crippen LogP contribution in [0.1, 0.15) is 34.1 Å². The molecule has 3 aromatic rings. The van der Waals surface area contributed by atoms with E-state index < -0.39 is 0 Å². The van der Waals surface area contributed by atoms with E-state index in [1.54, 1.807) is 49.7 Å². The van der Waals surface area contributed by atoms with E-state index in [2.05, 4.69) is 20.5 Å². The first kappa shape index (κ1) is 19.8. The van der Waals surface area contributed by atoms with Crippen molar-refractivity contribution in [1.29, 1.82) is 0 Å². The van der Waals surface area contributed by atoms with E-state index in [0.717, 1.165) is 24.2 Å². The first-order valence-electron chi connectivity index (χ1n) is 10.0. The standard InChI is InChI=1S/C21H25N7O2/c1-26(2)21(30)27-12-8-16(13-27)19-25-24-18-4-3-17(14-28(18)19)20(29)23-11-7-15-5-9-22-10-6-15/h3-6,9-10,14,16H,7-8,11-13H2,1-2H3,(H,23,29). The van der Waals surface area contributed by atoms with E-state index in [1.165, 1.54) is 0 Å². The second-order valence-corrected chi connectivity index (χ2v) is 7.67. The highest BCUT2D eigenvalue weighted by molar-refractivity contribution is 5.94. The third-order valence-corrected chi connectivity index (χ3v) is 5.35. The largest absolute Gasteiger partial charge is 0.352 e. The number of pyridine rings is 2. The number of aromatic nitrogens is 4. The Labute approximate surface area is 174 Å². The lowest BCUT2D eigenvalue weighted by atomic mass is 10.1. The molecule has 0 aromatic carbocycles. The number of rotatable bonds is 5. The molecule has 4 rings (SSSR count). The fourth-order valence-electron chi connectivity index (χ4n) is 3.72. The van der Waals surface area contributed by atoms with Crippen LogP contribution in [0.15, 0.2) is 42.9 Å². The molecule has 9 heteroatoms. The highest BCUT2D eigenvalue weighted by Gasteiger charge is 2.31. The van der Waals surface area contributed by atoms with Crippen LogP contribution < -0.4 is 5.32 Å². The Hall–Kier alpha value is -3.49. The number of urea groups is 1. The summed E-state index contributed by atoms with van der Waals surface area (Å²) in [4.78, 5) is 32.2. The van der Waals surface area contributed by atoms with Crippen LogP contribution in [0.4, 0.5) is 4.79 Å². The molecular weight excluding hydrogens is 382 g/mol. The Bertz CT molecular complexity index is 1050. The van der Waals surface area contributed by atoms with Gasteiger partial charge in [-0.15, -0.1) is 10.2 Å². The molecule has 1 aliphatic heterocycles. The first-order valence-corrected chi connectivity index (χ1v) is 10.0. The highest BCUT2D eigenvalue weighted by atomic mass is 16.2. The zero-order chi connectivity index (χ0) is 21.1. The number of fused-ring (bicyclic) bond motifs is 1. The molecule has 4 heterocycles. The van der Waals surface area contributed by atoms with E-state index in [9.17, 15) is 9.59 Å². The van der Waals surface area contributed by atoms with Gasteiger partial charge in [0.05, 0.1) is 5.56 Å². The third-order valence-electron chi connectivity index (χ3n) is 5.35. The topological polar surface area (TPSA) is 95.7 Å². The van der Waals surface area contributed by atoms with Gasteiger partial charge in [-0.05, 0) is 42.7 Å². The van der Waals surface area contributed by atoms with Gasteiger partial charge in [0.2, 0.25) is 0 Å². The van der Waals surface area contributed by atoms with E-state index in [1.807, 2.05) is 21.4 Å². The van der Waals surface area contributed by atoms with Crippen LogP contribution in [0, 0.1) is 0 Å². The summed E-state index contributed by atoms with van der Waals surface area (Å²) in [6.07, 6.45) is 6.83. The fraction of sp³-hybridized carbons (Fsp3) is 0.381. The lowest BCUT2D eigenvalue weighted by molar-refractivity contribution is 0.0953. The number of amides is 3. The van der Waals surface area contributed by atoms with Gasteiger partial charge in [-0.25, -0.2) is 4.79 Å². The van der Waals surface area contributed by atoms with Crippen LogP contribution in [0.25, 0.3) is 5.65 Å². The molecule has 1 atom stereocenters. The Morgan fingerprint density at radius 1 is 1.17 bits per heavy atom. The second-order valence-electron chi connectivity index (χ2n) is 7.67. The zero-order valence-electron chi connectivity index (χ0n) is 17.2. The maximum Gasteiger partial charge on any atom is 0.319 e. The van der Waals surface area contributed by atoms with Gasteiger partial charge in [0.25, 0.3) is 5.91 Å². The normalized spacial score (nSPS) is 16.1. The van der Waals surface area contributed by atoms with Crippen molar-refractivity contribution < 1.29 is 9.59 Å². The Morgan fingerprint density at radius 3 is 2.73 bits per heavy atom. The van der Waals surface area contributed by atoms with Crippen LogP contribution in [0.5, 0.6) is 0 Å². The van der Waals surface area contributed by atoms with Crippen LogP contribution in [0.3, 0.4) is 0 Å². The van der Waals surface area contributed by atoms with Crippen molar-refractivity contribution in [3.8, 4) is 0 Å². The van der Waals surface area contributed by atoms with Gasteiger partial charge in [-0.2, -0.15) is 0 Å². The van der Waals surface area contributed by atoms with Crippen LogP contribution >= 0.6 is 0 Å². The maximum atomic E-state index is 12.6. The number of nitrogens with zero attached hydrogens (tertiary/aromatic N) is 6. The molecule has 1 saturated heterocycles.